The summed E-state index contributed by atoms with van der Waals surface area (Å²) in [5.41, 5.74) is 6.70. The molecular formula is C78H108O11S7. The van der Waals surface area contributed by atoms with E-state index in [0.717, 1.165) is 51.2 Å². The highest BCUT2D eigenvalue weighted by Crippen LogP contribution is 2.36. The molecule has 2 unspecified atom stereocenters. The molecule has 528 valence electrons. The van der Waals surface area contributed by atoms with Crippen LogP contribution in [-0.4, -0.2) is 85.0 Å². The maximum absolute atomic E-state index is 11.5. The van der Waals surface area contributed by atoms with Crippen LogP contribution in [0.5, 0.6) is 0 Å². The van der Waals surface area contributed by atoms with Crippen molar-refractivity contribution < 1.29 is 48.1 Å². The minimum absolute atomic E-state index is 0. The first-order valence-electron chi connectivity index (χ1n) is 33.4. The van der Waals surface area contributed by atoms with E-state index in [-0.39, 0.29) is 42.0 Å². The molecule has 0 spiro atoms. The molecule has 96 heavy (non-hydrogen) atoms. The Kier molecular flexibility index (Phi) is 44.1. The van der Waals surface area contributed by atoms with Crippen molar-refractivity contribution in [1.29, 1.82) is 0 Å². The fourth-order valence-corrected chi connectivity index (χ4v) is 18.7. The summed E-state index contributed by atoms with van der Waals surface area (Å²) in [4.78, 5) is 36.6. The van der Waals surface area contributed by atoms with E-state index in [4.69, 9.17) is 0 Å². The lowest BCUT2D eigenvalue weighted by atomic mass is 9.98. The lowest BCUT2D eigenvalue weighted by molar-refractivity contribution is 0.0984. The second-order valence-electron chi connectivity index (χ2n) is 19.7. The number of thioether (sulfide) groups is 2. The zero-order valence-corrected chi connectivity index (χ0v) is 64.7. The molecule has 7 aromatic rings. The van der Waals surface area contributed by atoms with Gasteiger partial charge in [0, 0.05) is 49.1 Å². The molecule has 0 saturated carbocycles. The summed E-state index contributed by atoms with van der Waals surface area (Å²) in [6, 6.07) is 40.4. The standard InChI is InChI=1S/C11H12O3S.C10H10O3S.C10H10OS.C8H8O2S.C8H6O2S.C8H10S.C8H6S.7C2H6.CH4/c1-2-10(12)8-3-4-11-9(7-8)5-6-15(11,13)14;1-7(11)8-2-3-10-9(6-8)4-5-14(10,12)13;1-7(11)8-2-3-10-9(6-8)4-5-12-10;2*9-11(10)6-5-7-3-1-2-4-8(7)11;2*1-2-4-8-7(3-1)5-6-9-8;7*1-2;/h3-4,7H,2,5-6H2,1H3;2-3,6H,4-5H2,1H3;2-3,6H,4-5H2,1H3;1-4H,5-6H2;1-6H;1-4,7-8H,5-6H2;1-6H;7*1-2H3;1H4. The lowest BCUT2D eigenvalue weighted by Crippen LogP contribution is -2.07. The number of hydrogen-bond acceptors (Lipinski definition) is 14. The fourth-order valence-electron chi connectivity index (χ4n) is 9.67. The van der Waals surface area contributed by atoms with E-state index in [2.05, 4.69) is 77.8 Å². The van der Waals surface area contributed by atoms with Gasteiger partial charge in [0.05, 0.1) is 36.8 Å². The molecule has 14 rings (SSSR count). The Bertz CT molecular complexity index is 4010. The Morgan fingerprint density at radius 1 is 0.469 bits per heavy atom. The molecule has 18 heteroatoms. The van der Waals surface area contributed by atoms with Crippen molar-refractivity contribution in [1.82, 2.24) is 0 Å². The summed E-state index contributed by atoms with van der Waals surface area (Å²) in [6.07, 6.45) is 15.3. The topological polar surface area (TPSA) is 188 Å². The molecule has 11 nitrogen and oxygen atoms in total. The van der Waals surface area contributed by atoms with E-state index in [0.29, 0.717) is 56.4 Å². The van der Waals surface area contributed by atoms with Crippen LogP contribution in [0.25, 0.3) is 16.2 Å². The molecule has 6 aromatic carbocycles. The van der Waals surface area contributed by atoms with Crippen LogP contribution < -0.4 is 0 Å². The van der Waals surface area contributed by atoms with Gasteiger partial charge < -0.3 is 0 Å². The first-order valence-corrected chi connectivity index (χ1v) is 42.8. The second kappa shape index (κ2) is 47.1. The maximum Gasteiger partial charge on any atom is 0.200 e. The van der Waals surface area contributed by atoms with Crippen LogP contribution in [-0.2, 0) is 65.0 Å². The van der Waals surface area contributed by atoms with E-state index < -0.39 is 39.3 Å². The molecule has 1 fully saturated rings. The third kappa shape index (κ3) is 27.0. The van der Waals surface area contributed by atoms with E-state index in [1.165, 1.54) is 51.1 Å². The molecular weight excluding hydrogens is 1340 g/mol. The van der Waals surface area contributed by atoms with Gasteiger partial charge in [-0.3, -0.25) is 14.4 Å². The minimum atomic E-state index is -3.09. The van der Waals surface area contributed by atoms with Crippen molar-refractivity contribution >= 4 is 108 Å². The first-order chi connectivity index (χ1) is 45.7. The Balaban J connectivity index is 0.00000107. The zero-order valence-electron chi connectivity index (χ0n) is 59.0. The van der Waals surface area contributed by atoms with Gasteiger partial charge in [0.25, 0.3) is 0 Å². The summed E-state index contributed by atoms with van der Waals surface area (Å²) in [5.74, 6) is 4.19. The third-order valence-corrected chi connectivity index (χ3v) is 24.4. The number of thiophene rings is 1. The summed E-state index contributed by atoms with van der Waals surface area (Å²) in [7, 11) is -12.1. The number of aryl methyl sites for hydroxylation is 4. The quantitative estimate of drug-likeness (QED) is 0.152. The summed E-state index contributed by atoms with van der Waals surface area (Å²) in [5, 5.41) is 5.51. The van der Waals surface area contributed by atoms with Crippen LogP contribution in [0.1, 0.15) is 197 Å². The number of allylic oxidation sites excluding steroid dienone is 3. The number of rotatable bonds is 4. The number of ketones is 3. The largest absolute Gasteiger partial charge is 0.295 e. The van der Waals surface area contributed by atoms with Crippen molar-refractivity contribution in [2.75, 3.05) is 28.8 Å². The molecule has 2 atom stereocenters. The van der Waals surface area contributed by atoms with Crippen LogP contribution in [0.2, 0.25) is 0 Å². The predicted octanol–water partition coefficient (Wildman–Crippen LogP) is 20.8. The van der Waals surface area contributed by atoms with Gasteiger partial charge in [-0.15, -0.1) is 23.1 Å². The second-order valence-corrected chi connectivity index (χ2v) is 31.1. The minimum Gasteiger partial charge on any atom is -0.295 e. The van der Waals surface area contributed by atoms with Crippen LogP contribution in [0.3, 0.4) is 0 Å². The van der Waals surface area contributed by atoms with Gasteiger partial charge in [0.15, 0.2) is 56.7 Å². The fraction of sp³-hybridized carbons (Fsp3) is 0.397. The van der Waals surface area contributed by atoms with E-state index in [1.807, 2.05) is 139 Å². The van der Waals surface area contributed by atoms with Crippen molar-refractivity contribution in [2.24, 2.45) is 5.92 Å². The molecule has 0 N–H and O–H groups in total. The van der Waals surface area contributed by atoms with Crippen molar-refractivity contribution in [3.8, 4) is 0 Å². The number of Topliss-reactive ketones (excluding diaryl/α,β-unsaturated/α-hetero) is 3. The Morgan fingerprint density at radius 2 is 0.927 bits per heavy atom. The summed E-state index contributed by atoms with van der Waals surface area (Å²) in [6.45, 7) is 32.9. The number of carbonyl (C=O) groups excluding carboxylic acids is 3. The number of sulfone groups is 4. The Morgan fingerprint density at radius 3 is 1.45 bits per heavy atom. The molecule has 1 aromatic heterocycles. The normalized spacial score (nSPS) is 16.5. The Labute approximate surface area is 592 Å². The predicted molar refractivity (Wildman–Crippen MR) is 415 cm³/mol. The van der Waals surface area contributed by atoms with Crippen LogP contribution in [0.15, 0.2) is 193 Å². The number of fused-ring (bicyclic) bond motifs is 7. The van der Waals surface area contributed by atoms with Gasteiger partial charge in [0.2, 0.25) is 0 Å². The molecule has 7 aliphatic rings. The number of benzene rings is 6. The molecule has 0 radical (unpaired) electrons. The molecule has 0 amide bonds. The van der Waals surface area contributed by atoms with E-state index in [1.54, 1.807) is 91.9 Å². The SMILES string of the molecule is C.C1=CC2CCSC2C=C1.CC.CC.CC.CC.CC.CC.CC.CC(=O)c1ccc2c(c1)CCS2.CC(=O)c1ccc2c(c1)CCS2(=O)=O.CCC(=O)c1ccc2c(c1)CCS2(=O)=O.O=S1(=O)C=Cc2ccccc21.O=S1(=O)CCc2ccccc21.c1ccc2sccc2c1. The Hall–Kier alpha value is -5.99. The molecule has 6 aliphatic heterocycles. The highest BCUT2D eigenvalue weighted by molar-refractivity contribution is 8.00. The van der Waals surface area contributed by atoms with Gasteiger partial charge in [0.1, 0.15) is 0 Å². The van der Waals surface area contributed by atoms with Gasteiger partial charge in [-0.05, 0) is 163 Å². The molecule has 0 bridgehead atoms. The van der Waals surface area contributed by atoms with E-state index in [9.17, 15) is 48.1 Å². The monoisotopic (exact) mass is 1440 g/mol. The van der Waals surface area contributed by atoms with Gasteiger partial charge in [-0.2, -0.15) is 11.8 Å². The summed E-state index contributed by atoms with van der Waals surface area (Å²) < 4.78 is 92.1. The van der Waals surface area contributed by atoms with Gasteiger partial charge in [-0.1, -0.05) is 208 Å². The number of carbonyl (C=O) groups is 3. The smallest absolute Gasteiger partial charge is 0.200 e. The highest BCUT2D eigenvalue weighted by atomic mass is 32.2. The van der Waals surface area contributed by atoms with Crippen molar-refractivity contribution in [3.05, 3.63) is 213 Å². The maximum atomic E-state index is 11.5. The van der Waals surface area contributed by atoms with Crippen molar-refractivity contribution in [3.63, 3.8) is 0 Å². The molecule has 1 saturated heterocycles. The van der Waals surface area contributed by atoms with Gasteiger partial charge in [-0.25, -0.2) is 33.7 Å². The lowest BCUT2D eigenvalue weighted by Gasteiger charge is -2.12. The average Bonchev–Trinajstić information content (AvgIpc) is 1.68. The average molecular weight is 1450 g/mol. The van der Waals surface area contributed by atoms with Gasteiger partial charge >= 0.3 is 0 Å². The first kappa shape index (κ1) is 90.0. The molecule has 1 aliphatic carbocycles. The highest BCUT2D eigenvalue weighted by Gasteiger charge is 2.29. The molecule has 7 heterocycles. The zero-order chi connectivity index (χ0) is 72.0. The van der Waals surface area contributed by atoms with Crippen LogP contribution in [0, 0.1) is 5.92 Å². The van der Waals surface area contributed by atoms with E-state index >= 15 is 0 Å². The third-order valence-electron chi connectivity index (χ3n) is 14.1. The van der Waals surface area contributed by atoms with Crippen LogP contribution >= 0.6 is 34.9 Å². The van der Waals surface area contributed by atoms with Crippen molar-refractivity contribution in [2.45, 2.75) is 193 Å². The number of hydrogen-bond donors (Lipinski definition) is 0. The van der Waals surface area contributed by atoms with Crippen LogP contribution in [0.4, 0.5) is 0 Å². The summed E-state index contributed by atoms with van der Waals surface area (Å²) >= 11 is 5.75.